The van der Waals surface area contributed by atoms with E-state index >= 15 is 0 Å². The first-order valence-corrected chi connectivity index (χ1v) is 4.80. The van der Waals surface area contributed by atoms with Crippen LogP contribution in [0.3, 0.4) is 0 Å². The second kappa shape index (κ2) is 4.77. The van der Waals surface area contributed by atoms with E-state index in [0.717, 1.165) is 0 Å². The van der Waals surface area contributed by atoms with Crippen molar-refractivity contribution in [1.29, 1.82) is 0 Å². The maximum absolute atomic E-state index is 11.4. The van der Waals surface area contributed by atoms with Gasteiger partial charge in [-0.25, -0.2) is 0 Å². The molecule has 0 aromatic heterocycles. The molecule has 1 aliphatic heterocycles. The van der Waals surface area contributed by atoms with E-state index in [1.807, 2.05) is 0 Å². The largest absolute Gasteiger partial charge is 0.481 e. The summed E-state index contributed by atoms with van der Waals surface area (Å²) < 4.78 is 0. The van der Waals surface area contributed by atoms with E-state index < -0.39 is 17.9 Å². The molecular weight excluding hydrogens is 200 g/mol. The molecule has 0 aliphatic carbocycles. The van der Waals surface area contributed by atoms with E-state index in [0.29, 0.717) is 12.8 Å². The molecule has 1 heterocycles. The summed E-state index contributed by atoms with van der Waals surface area (Å²) in [6, 6.07) is -0.501. The lowest BCUT2D eigenvalue weighted by Crippen LogP contribution is -2.43. The van der Waals surface area contributed by atoms with E-state index in [2.05, 4.69) is 10.6 Å². The second-order valence-corrected chi connectivity index (χ2v) is 3.64. The lowest BCUT2D eigenvalue weighted by molar-refractivity contribution is -0.141. The Morgan fingerprint density at radius 3 is 2.80 bits per heavy atom. The molecule has 1 aliphatic rings. The third-order valence-electron chi connectivity index (χ3n) is 2.32. The minimum atomic E-state index is -0.953. The van der Waals surface area contributed by atoms with Crippen molar-refractivity contribution in [3.05, 3.63) is 0 Å². The third-order valence-corrected chi connectivity index (χ3v) is 2.32. The molecule has 0 radical (unpaired) electrons. The van der Waals surface area contributed by atoms with Gasteiger partial charge in [-0.2, -0.15) is 0 Å². The first-order chi connectivity index (χ1) is 7.00. The molecule has 2 atom stereocenters. The van der Waals surface area contributed by atoms with Crippen molar-refractivity contribution < 1.29 is 19.5 Å². The average molecular weight is 214 g/mol. The van der Waals surface area contributed by atoms with Crippen LogP contribution in [0.15, 0.2) is 0 Å². The van der Waals surface area contributed by atoms with Crippen LogP contribution < -0.4 is 10.6 Å². The third kappa shape index (κ3) is 3.23. The summed E-state index contributed by atoms with van der Waals surface area (Å²) in [5.74, 6) is -2.02. The Hall–Kier alpha value is -1.59. The molecule has 1 saturated heterocycles. The lowest BCUT2D eigenvalue weighted by atomic mass is 10.1. The summed E-state index contributed by atoms with van der Waals surface area (Å²) in [7, 11) is 0. The fourth-order valence-electron chi connectivity index (χ4n) is 1.27. The van der Waals surface area contributed by atoms with Crippen molar-refractivity contribution in [2.45, 2.75) is 25.8 Å². The highest BCUT2D eigenvalue weighted by Gasteiger charge is 2.27. The molecule has 1 unspecified atom stereocenters. The zero-order chi connectivity index (χ0) is 11.4. The summed E-state index contributed by atoms with van der Waals surface area (Å²) in [6.07, 6.45) is 0.832. The standard InChI is InChI=1S/C9H14N2O4/c1-5(9(14)15)4-10-8(13)6-2-3-7(12)11-6/h5-6H,2-4H2,1H3,(H,10,13)(H,11,12)(H,14,15)/t5?,6-/m0/s1. The molecule has 1 rings (SSSR count). The van der Waals surface area contributed by atoms with Gasteiger partial charge in [0.05, 0.1) is 5.92 Å². The molecule has 0 aromatic carbocycles. The smallest absolute Gasteiger partial charge is 0.308 e. The predicted octanol–water partition coefficient (Wildman–Crippen LogP) is -0.898. The van der Waals surface area contributed by atoms with Gasteiger partial charge in [0.2, 0.25) is 11.8 Å². The average Bonchev–Trinajstić information content (AvgIpc) is 2.60. The first-order valence-electron chi connectivity index (χ1n) is 4.80. The van der Waals surface area contributed by atoms with Gasteiger partial charge in [0.1, 0.15) is 6.04 Å². The van der Waals surface area contributed by atoms with Crippen molar-refractivity contribution in [2.75, 3.05) is 6.54 Å². The summed E-state index contributed by atoms with van der Waals surface area (Å²) in [5, 5.41) is 13.6. The molecule has 0 bridgehead atoms. The van der Waals surface area contributed by atoms with Gasteiger partial charge >= 0.3 is 5.97 Å². The first kappa shape index (κ1) is 11.5. The molecule has 84 valence electrons. The second-order valence-electron chi connectivity index (χ2n) is 3.64. The van der Waals surface area contributed by atoms with Gasteiger partial charge in [-0.15, -0.1) is 0 Å². The Balaban J connectivity index is 2.30. The van der Waals surface area contributed by atoms with E-state index in [4.69, 9.17) is 5.11 Å². The normalized spacial score (nSPS) is 21.9. The fraction of sp³-hybridized carbons (Fsp3) is 0.667. The Labute approximate surface area is 87.0 Å². The van der Waals surface area contributed by atoms with E-state index in [-0.39, 0.29) is 18.4 Å². The van der Waals surface area contributed by atoms with Gasteiger partial charge in [-0.05, 0) is 6.42 Å². The number of carbonyl (C=O) groups excluding carboxylic acids is 2. The van der Waals surface area contributed by atoms with Crippen LogP contribution in [-0.4, -0.2) is 35.5 Å². The maximum atomic E-state index is 11.4. The number of aliphatic carboxylic acids is 1. The number of hydrogen-bond donors (Lipinski definition) is 3. The molecule has 0 spiro atoms. The Bertz CT molecular complexity index is 290. The zero-order valence-corrected chi connectivity index (χ0v) is 8.45. The number of rotatable bonds is 4. The van der Waals surface area contributed by atoms with Gasteiger partial charge in [0.15, 0.2) is 0 Å². The van der Waals surface area contributed by atoms with Gasteiger partial charge in [0.25, 0.3) is 0 Å². The summed E-state index contributed by atoms with van der Waals surface area (Å²) in [6.45, 7) is 1.59. The van der Waals surface area contributed by atoms with Crippen LogP contribution >= 0.6 is 0 Å². The van der Waals surface area contributed by atoms with Crippen molar-refractivity contribution in [2.24, 2.45) is 5.92 Å². The van der Waals surface area contributed by atoms with Crippen LogP contribution in [0.25, 0.3) is 0 Å². The number of amides is 2. The van der Waals surface area contributed by atoms with Gasteiger partial charge in [-0.1, -0.05) is 6.92 Å². The quantitative estimate of drug-likeness (QED) is 0.565. The van der Waals surface area contributed by atoms with Crippen molar-refractivity contribution in [3.63, 3.8) is 0 Å². The minimum absolute atomic E-state index is 0.0839. The van der Waals surface area contributed by atoms with Crippen LogP contribution in [0.5, 0.6) is 0 Å². The van der Waals surface area contributed by atoms with Crippen LogP contribution in [0.1, 0.15) is 19.8 Å². The topological polar surface area (TPSA) is 95.5 Å². The van der Waals surface area contributed by atoms with Crippen molar-refractivity contribution >= 4 is 17.8 Å². The minimum Gasteiger partial charge on any atom is -0.481 e. The molecular formula is C9H14N2O4. The molecule has 0 saturated carbocycles. The number of carboxylic acids is 1. The Morgan fingerprint density at radius 2 is 2.33 bits per heavy atom. The van der Waals surface area contributed by atoms with Crippen LogP contribution in [0, 0.1) is 5.92 Å². The van der Waals surface area contributed by atoms with Crippen LogP contribution in [0.2, 0.25) is 0 Å². The van der Waals surface area contributed by atoms with Gasteiger partial charge in [0, 0.05) is 13.0 Å². The highest BCUT2D eigenvalue weighted by atomic mass is 16.4. The molecule has 0 aromatic rings. The van der Waals surface area contributed by atoms with Crippen LogP contribution in [0.4, 0.5) is 0 Å². The Kier molecular flexibility index (Phi) is 3.65. The summed E-state index contributed by atoms with van der Waals surface area (Å²) in [5.41, 5.74) is 0. The molecule has 1 fully saturated rings. The number of carboxylic acid groups (broad SMARTS) is 1. The maximum Gasteiger partial charge on any atom is 0.308 e. The molecule has 6 heteroatoms. The Morgan fingerprint density at radius 1 is 1.67 bits per heavy atom. The molecule has 15 heavy (non-hydrogen) atoms. The lowest BCUT2D eigenvalue weighted by Gasteiger charge is -2.12. The molecule has 6 nitrogen and oxygen atoms in total. The number of hydrogen-bond acceptors (Lipinski definition) is 3. The van der Waals surface area contributed by atoms with Crippen LogP contribution in [-0.2, 0) is 14.4 Å². The number of carbonyl (C=O) groups is 3. The fourth-order valence-corrected chi connectivity index (χ4v) is 1.27. The van der Waals surface area contributed by atoms with Gasteiger partial charge in [-0.3, -0.25) is 14.4 Å². The predicted molar refractivity (Wildman–Crippen MR) is 51.0 cm³/mol. The molecule has 2 amide bonds. The van der Waals surface area contributed by atoms with E-state index in [1.165, 1.54) is 6.92 Å². The molecule has 3 N–H and O–H groups in total. The van der Waals surface area contributed by atoms with Gasteiger partial charge < -0.3 is 15.7 Å². The monoisotopic (exact) mass is 214 g/mol. The van der Waals surface area contributed by atoms with E-state index in [1.54, 1.807) is 0 Å². The van der Waals surface area contributed by atoms with Crippen molar-refractivity contribution in [3.8, 4) is 0 Å². The highest BCUT2D eigenvalue weighted by molar-refractivity contribution is 5.90. The summed E-state index contributed by atoms with van der Waals surface area (Å²) >= 11 is 0. The SMILES string of the molecule is CC(CNC(=O)[C@@H]1CCC(=O)N1)C(=O)O. The zero-order valence-electron chi connectivity index (χ0n) is 8.45. The van der Waals surface area contributed by atoms with E-state index in [9.17, 15) is 14.4 Å². The highest BCUT2D eigenvalue weighted by Crippen LogP contribution is 2.06. The summed E-state index contributed by atoms with van der Waals surface area (Å²) in [4.78, 5) is 32.7. The van der Waals surface area contributed by atoms with Crippen molar-refractivity contribution in [1.82, 2.24) is 10.6 Å². The number of nitrogens with one attached hydrogen (secondary N) is 2.